The van der Waals surface area contributed by atoms with Crippen molar-refractivity contribution in [1.29, 1.82) is 0 Å². The Morgan fingerprint density at radius 3 is 1.82 bits per heavy atom. The first-order valence-corrected chi connectivity index (χ1v) is 4.21. The van der Waals surface area contributed by atoms with Gasteiger partial charge >= 0.3 is 6.18 Å². The molecule has 1 unspecified atom stereocenters. The molecule has 0 aromatic heterocycles. The summed E-state index contributed by atoms with van der Waals surface area (Å²) in [4.78, 5) is 0. The molecule has 3 nitrogen and oxygen atoms in total. The number of rotatable bonds is 2. The second-order valence-electron chi connectivity index (χ2n) is 2.03. The molecule has 1 atom stereocenters. The van der Waals surface area contributed by atoms with Gasteiger partial charge in [-0.3, -0.25) is 4.21 Å². The Hall–Kier alpha value is -0.140. The summed E-state index contributed by atoms with van der Waals surface area (Å²) >= 11 is 0. The number of alkyl halides is 3. The minimum atomic E-state index is -5.15. The molecule has 0 bridgehead atoms. The molecule has 0 radical (unpaired) electrons. The highest BCUT2D eigenvalue weighted by atomic mass is 32.2. The molecule has 0 spiro atoms. The average molecular weight is 192 g/mol. The first-order valence-electron chi connectivity index (χ1n) is 2.48. The summed E-state index contributed by atoms with van der Waals surface area (Å²) in [5, 5.41) is 16.5. The molecule has 0 aliphatic heterocycles. The van der Waals surface area contributed by atoms with Crippen LogP contribution in [0.1, 0.15) is 0 Å². The van der Waals surface area contributed by atoms with E-state index >= 15 is 0 Å². The summed E-state index contributed by atoms with van der Waals surface area (Å²) in [7, 11) is -1.90. The molecular formula is C4H7F3O3S. The maximum atomic E-state index is 11.6. The van der Waals surface area contributed by atoms with E-state index < -0.39 is 28.5 Å². The lowest BCUT2D eigenvalue weighted by Gasteiger charge is -2.22. The molecule has 68 valence electrons. The quantitative estimate of drug-likeness (QED) is 0.586. The highest BCUT2D eigenvalue weighted by Gasteiger charge is 2.53. The molecule has 0 aromatic carbocycles. The van der Waals surface area contributed by atoms with Gasteiger partial charge in [0.05, 0.1) is 5.75 Å². The predicted molar refractivity (Wildman–Crippen MR) is 32.2 cm³/mol. The minimum Gasteiger partial charge on any atom is -0.358 e. The Labute approximate surface area is 63.3 Å². The van der Waals surface area contributed by atoms with E-state index in [0.29, 0.717) is 0 Å². The third-order valence-corrected chi connectivity index (χ3v) is 1.67. The highest BCUT2D eigenvalue weighted by Crippen LogP contribution is 2.28. The number of aliphatic hydroxyl groups is 2. The number of hydrogen-bond acceptors (Lipinski definition) is 3. The van der Waals surface area contributed by atoms with E-state index in [2.05, 4.69) is 0 Å². The van der Waals surface area contributed by atoms with Gasteiger partial charge in [0.25, 0.3) is 5.79 Å². The van der Waals surface area contributed by atoms with Crippen LogP contribution in [0.3, 0.4) is 0 Å². The van der Waals surface area contributed by atoms with Crippen molar-refractivity contribution < 1.29 is 27.6 Å². The molecule has 0 aliphatic carbocycles. The topological polar surface area (TPSA) is 57.5 Å². The van der Waals surface area contributed by atoms with E-state index in [0.717, 1.165) is 6.26 Å². The van der Waals surface area contributed by atoms with E-state index in [1.165, 1.54) is 0 Å². The molecule has 0 saturated carbocycles. The fourth-order valence-corrected chi connectivity index (χ4v) is 1.10. The van der Waals surface area contributed by atoms with E-state index in [-0.39, 0.29) is 0 Å². The molecule has 2 N–H and O–H groups in total. The van der Waals surface area contributed by atoms with Crippen molar-refractivity contribution >= 4 is 10.8 Å². The third kappa shape index (κ3) is 3.17. The van der Waals surface area contributed by atoms with Crippen LogP contribution in [0, 0.1) is 0 Å². The van der Waals surface area contributed by atoms with Gasteiger partial charge in [-0.05, 0) is 0 Å². The van der Waals surface area contributed by atoms with Gasteiger partial charge in [0.2, 0.25) is 0 Å². The van der Waals surface area contributed by atoms with Gasteiger partial charge < -0.3 is 10.2 Å². The van der Waals surface area contributed by atoms with E-state index in [4.69, 9.17) is 10.2 Å². The van der Waals surface area contributed by atoms with Crippen molar-refractivity contribution in [3.8, 4) is 0 Å². The van der Waals surface area contributed by atoms with E-state index in [9.17, 15) is 17.4 Å². The van der Waals surface area contributed by atoms with Gasteiger partial charge in [-0.1, -0.05) is 0 Å². The van der Waals surface area contributed by atoms with Gasteiger partial charge in [0, 0.05) is 17.1 Å². The Bertz CT molecular complexity index is 164. The van der Waals surface area contributed by atoms with Crippen molar-refractivity contribution in [1.82, 2.24) is 0 Å². The summed E-state index contributed by atoms with van der Waals surface area (Å²) in [6.07, 6.45) is -4.20. The Balaban J connectivity index is 4.34. The second kappa shape index (κ2) is 3.08. The monoisotopic (exact) mass is 192 g/mol. The zero-order chi connectivity index (χ0) is 9.28. The molecule has 11 heavy (non-hydrogen) atoms. The van der Waals surface area contributed by atoms with Crippen LogP contribution in [0.15, 0.2) is 0 Å². The molecular weight excluding hydrogens is 185 g/mol. The van der Waals surface area contributed by atoms with Crippen LogP contribution in [0.25, 0.3) is 0 Å². The second-order valence-corrected chi connectivity index (χ2v) is 3.47. The van der Waals surface area contributed by atoms with Gasteiger partial charge in [-0.2, -0.15) is 13.2 Å². The molecule has 0 aromatic rings. The molecule has 0 fully saturated rings. The number of halogens is 3. The predicted octanol–water partition coefficient (Wildman–Crippen LogP) is -0.392. The SMILES string of the molecule is CS(=O)CC(O)(O)C(F)(F)F. The summed E-state index contributed by atoms with van der Waals surface area (Å²) < 4.78 is 44.9. The summed E-state index contributed by atoms with van der Waals surface area (Å²) in [5.41, 5.74) is 0. The summed E-state index contributed by atoms with van der Waals surface area (Å²) in [6, 6.07) is 0. The van der Waals surface area contributed by atoms with Crippen molar-refractivity contribution in [3.05, 3.63) is 0 Å². The largest absolute Gasteiger partial charge is 0.443 e. The normalized spacial score (nSPS) is 16.5. The summed E-state index contributed by atoms with van der Waals surface area (Å²) in [6.45, 7) is 0. The van der Waals surface area contributed by atoms with Gasteiger partial charge in [-0.25, -0.2) is 0 Å². The fraction of sp³-hybridized carbons (Fsp3) is 1.00. The maximum Gasteiger partial charge on any atom is 0.443 e. The molecule has 7 heteroatoms. The standard InChI is InChI=1S/C4H7F3O3S/c1-11(10)2-3(8,9)4(5,6)7/h8-9H,2H2,1H3. The zero-order valence-corrected chi connectivity index (χ0v) is 6.37. The molecule has 0 rings (SSSR count). The minimum absolute atomic E-state index is 0.951. The van der Waals surface area contributed by atoms with E-state index in [1.807, 2.05) is 0 Å². The van der Waals surface area contributed by atoms with Gasteiger partial charge in [0.15, 0.2) is 0 Å². The van der Waals surface area contributed by atoms with E-state index in [1.54, 1.807) is 0 Å². The van der Waals surface area contributed by atoms with Crippen molar-refractivity contribution in [2.75, 3.05) is 12.0 Å². The molecule has 0 saturated heterocycles. The van der Waals surface area contributed by atoms with Crippen LogP contribution in [0.5, 0.6) is 0 Å². The first-order chi connectivity index (χ1) is 4.67. The Morgan fingerprint density at radius 1 is 1.36 bits per heavy atom. The van der Waals surface area contributed by atoms with Crippen LogP contribution in [-0.4, -0.2) is 38.4 Å². The lowest BCUT2D eigenvalue weighted by atomic mass is 10.3. The third-order valence-electron chi connectivity index (χ3n) is 0.859. The number of hydrogen-bond donors (Lipinski definition) is 2. The zero-order valence-electron chi connectivity index (χ0n) is 5.55. The van der Waals surface area contributed by atoms with Crippen molar-refractivity contribution in [2.45, 2.75) is 12.0 Å². The summed E-state index contributed by atoms with van der Waals surface area (Å²) in [5.74, 6) is -5.07. The van der Waals surface area contributed by atoms with Crippen LogP contribution in [0.4, 0.5) is 13.2 Å². The molecule has 0 heterocycles. The highest BCUT2D eigenvalue weighted by molar-refractivity contribution is 7.84. The smallest absolute Gasteiger partial charge is 0.358 e. The van der Waals surface area contributed by atoms with Crippen LogP contribution < -0.4 is 0 Å². The molecule has 0 aliphatic rings. The van der Waals surface area contributed by atoms with Crippen molar-refractivity contribution in [3.63, 3.8) is 0 Å². The molecule has 0 amide bonds. The van der Waals surface area contributed by atoms with Gasteiger partial charge in [0.1, 0.15) is 0 Å². The first kappa shape index (κ1) is 10.9. The average Bonchev–Trinajstić information content (AvgIpc) is 1.56. The maximum absolute atomic E-state index is 11.6. The fourth-order valence-electron chi connectivity index (χ4n) is 0.365. The van der Waals surface area contributed by atoms with Crippen LogP contribution >= 0.6 is 0 Å². The lowest BCUT2D eigenvalue weighted by molar-refractivity contribution is -0.336. The van der Waals surface area contributed by atoms with Gasteiger partial charge in [-0.15, -0.1) is 0 Å². The van der Waals surface area contributed by atoms with Crippen molar-refractivity contribution in [2.24, 2.45) is 0 Å². The van der Waals surface area contributed by atoms with Crippen LogP contribution in [0.2, 0.25) is 0 Å². The Morgan fingerprint density at radius 2 is 1.73 bits per heavy atom. The lowest BCUT2D eigenvalue weighted by Crippen LogP contribution is -2.49. The Kier molecular flexibility index (Phi) is 3.04. The van der Waals surface area contributed by atoms with Crippen LogP contribution in [-0.2, 0) is 10.8 Å².